The number of nitrogens with one attached hydrogen (secondary N) is 5. The molecule has 0 atom stereocenters. The molecule has 2 aromatic carbocycles. The highest BCUT2D eigenvalue weighted by molar-refractivity contribution is 6.31. The number of carbonyl (C=O) groups excluding carboxylic acids is 2. The highest BCUT2D eigenvalue weighted by atomic mass is 35.5. The van der Waals surface area contributed by atoms with Crippen molar-refractivity contribution in [2.75, 3.05) is 30.3 Å². The zero-order chi connectivity index (χ0) is 29.3. The Morgan fingerprint density at radius 2 is 1.68 bits per heavy atom. The van der Waals surface area contributed by atoms with Crippen molar-refractivity contribution in [3.63, 3.8) is 0 Å². The van der Waals surface area contributed by atoms with Gasteiger partial charge in [-0.25, -0.2) is 13.6 Å². The number of hydrogen-bond donors (Lipinski definition) is 6. The number of aliphatic hydroxyl groups excluding tert-OH is 1. The van der Waals surface area contributed by atoms with Gasteiger partial charge in [-0.1, -0.05) is 17.7 Å². The molecule has 0 bridgehead atoms. The monoisotopic (exact) mass is 591 g/mol. The number of alkyl halides is 3. The molecule has 0 saturated heterocycles. The van der Waals surface area contributed by atoms with Gasteiger partial charge in [0.1, 0.15) is 0 Å². The number of amides is 3. The molecule has 0 radical (unpaired) electrons. The maximum Gasteiger partial charge on any atom is 0.390 e. The predicted molar refractivity (Wildman–Crippen MR) is 141 cm³/mol. The van der Waals surface area contributed by atoms with Crippen molar-refractivity contribution in [3.8, 4) is 0 Å². The van der Waals surface area contributed by atoms with E-state index in [9.17, 15) is 36.6 Å². The average Bonchev–Trinajstić information content (AvgIpc) is 2.89. The summed E-state index contributed by atoms with van der Waals surface area (Å²) in [6, 6.07) is 6.00. The molecule has 0 aliphatic heterocycles. The highest BCUT2D eigenvalue weighted by Crippen LogP contribution is 2.27. The van der Waals surface area contributed by atoms with Gasteiger partial charge in [0.05, 0.1) is 29.5 Å². The molecule has 14 heteroatoms. The zero-order valence-electron chi connectivity index (χ0n) is 21.4. The summed E-state index contributed by atoms with van der Waals surface area (Å²) in [6.07, 6.45) is -3.23. The minimum absolute atomic E-state index is 0.117. The van der Waals surface area contributed by atoms with E-state index in [2.05, 4.69) is 26.6 Å². The molecular weight excluding hydrogens is 561 g/mol. The first kappa shape index (κ1) is 31.4. The average molecular weight is 592 g/mol. The summed E-state index contributed by atoms with van der Waals surface area (Å²) in [4.78, 5) is 24.9. The topological polar surface area (TPSA) is 115 Å². The molecule has 8 nitrogen and oxygen atoms in total. The van der Waals surface area contributed by atoms with Crippen LogP contribution in [0.25, 0.3) is 0 Å². The Hall–Kier alpha value is -3.16. The first-order chi connectivity index (χ1) is 18.9. The lowest BCUT2D eigenvalue weighted by molar-refractivity contribution is -0.133. The number of aliphatic hydroxyl groups is 1. The van der Waals surface area contributed by atoms with Crippen molar-refractivity contribution in [3.05, 3.63) is 58.1 Å². The number of carbonyl (C=O) groups is 2. The molecule has 220 valence electrons. The van der Waals surface area contributed by atoms with Crippen LogP contribution >= 0.6 is 11.6 Å². The van der Waals surface area contributed by atoms with Gasteiger partial charge in [0.25, 0.3) is 5.91 Å². The largest absolute Gasteiger partial charge is 0.393 e. The molecule has 3 amide bonds. The summed E-state index contributed by atoms with van der Waals surface area (Å²) in [7, 11) is 0. The van der Waals surface area contributed by atoms with Gasteiger partial charge in [-0.15, -0.1) is 0 Å². The predicted octanol–water partition coefficient (Wildman–Crippen LogP) is 4.93. The summed E-state index contributed by atoms with van der Waals surface area (Å²) in [5.74, 6) is -3.62. The van der Waals surface area contributed by atoms with Crippen molar-refractivity contribution in [2.45, 2.75) is 57.0 Å². The number of anilines is 2. The second-order valence-corrected chi connectivity index (χ2v) is 9.86. The van der Waals surface area contributed by atoms with E-state index in [1.54, 1.807) is 0 Å². The SMILES string of the molecule is O=C(NCc1ccc(C(=O)Nc2ccc(Cl)cc2NCCNCCC(F)(F)F)c(F)c1F)NC1CCC(O)CC1. The van der Waals surface area contributed by atoms with Gasteiger partial charge in [-0.3, -0.25) is 4.79 Å². The third-order valence-electron chi connectivity index (χ3n) is 6.31. The molecule has 1 aliphatic carbocycles. The molecule has 0 heterocycles. The van der Waals surface area contributed by atoms with Crippen LogP contribution in [0.5, 0.6) is 0 Å². The molecule has 6 N–H and O–H groups in total. The van der Waals surface area contributed by atoms with E-state index in [-0.39, 0.29) is 49.6 Å². The summed E-state index contributed by atoms with van der Waals surface area (Å²) < 4.78 is 66.2. The molecule has 2 aromatic rings. The molecule has 0 aromatic heterocycles. The minimum atomic E-state index is -4.26. The van der Waals surface area contributed by atoms with E-state index in [0.29, 0.717) is 36.4 Å². The van der Waals surface area contributed by atoms with Crippen LogP contribution in [0.4, 0.5) is 38.1 Å². The molecular formula is C26H31ClF5N5O3. The fourth-order valence-electron chi connectivity index (χ4n) is 4.14. The minimum Gasteiger partial charge on any atom is -0.393 e. The van der Waals surface area contributed by atoms with Gasteiger partial charge in [0.15, 0.2) is 11.6 Å². The van der Waals surface area contributed by atoms with Gasteiger partial charge >= 0.3 is 12.2 Å². The normalized spacial score (nSPS) is 17.3. The van der Waals surface area contributed by atoms with Gasteiger partial charge in [-0.2, -0.15) is 13.2 Å². The van der Waals surface area contributed by atoms with E-state index < -0.39 is 41.7 Å². The van der Waals surface area contributed by atoms with E-state index >= 15 is 0 Å². The van der Waals surface area contributed by atoms with E-state index in [1.165, 1.54) is 24.3 Å². The lowest BCUT2D eigenvalue weighted by Crippen LogP contribution is -2.44. The van der Waals surface area contributed by atoms with Crippen LogP contribution < -0.4 is 26.6 Å². The molecule has 0 unspecified atom stereocenters. The van der Waals surface area contributed by atoms with E-state index in [0.717, 1.165) is 6.07 Å². The maximum atomic E-state index is 14.8. The first-order valence-electron chi connectivity index (χ1n) is 12.7. The van der Waals surface area contributed by atoms with Crippen LogP contribution in [0.15, 0.2) is 30.3 Å². The standard InChI is InChI=1S/C26H31ClF5N5O3/c27-16-2-8-20(21(13-16)34-12-11-33-10-9-26(30,31)32)37-24(39)19-7-1-15(22(28)23(19)29)14-35-25(40)36-17-3-5-18(38)6-4-17/h1-2,7-8,13,17-18,33-34,38H,3-6,9-12,14H2,(H,37,39)(H2,35,36,40). The zero-order valence-corrected chi connectivity index (χ0v) is 22.2. The Morgan fingerprint density at radius 1 is 0.950 bits per heavy atom. The molecule has 0 spiro atoms. The molecule has 1 saturated carbocycles. The van der Waals surface area contributed by atoms with Gasteiger partial charge in [0.2, 0.25) is 0 Å². The number of halogens is 6. The van der Waals surface area contributed by atoms with Crippen molar-refractivity contribution >= 4 is 34.9 Å². The Balaban J connectivity index is 1.56. The summed E-state index contributed by atoms with van der Waals surface area (Å²) in [5.41, 5.74) is -0.197. The van der Waals surface area contributed by atoms with E-state index in [1.807, 2.05) is 0 Å². The van der Waals surface area contributed by atoms with Crippen molar-refractivity contribution < 1.29 is 36.6 Å². The van der Waals surface area contributed by atoms with Crippen LogP contribution in [-0.4, -0.2) is 55.0 Å². The first-order valence-corrected chi connectivity index (χ1v) is 13.1. The summed E-state index contributed by atoms with van der Waals surface area (Å²) in [6.45, 7) is -0.180. The fraction of sp³-hybridized carbons (Fsp3) is 0.462. The molecule has 40 heavy (non-hydrogen) atoms. The number of rotatable bonds is 11. The third kappa shape index (κ3) is 9.79. The smallest absolute Gasteiger partial charge is 0.390 e. The van der Waals surface area contributed by atoms with Crippen LogP contribution in [0.1, 0.15) is 48.0 Å². The molecule has 1 fully saturated rings. The Bertz CT molecular complexity index is 1180. The van der Waals surface area contributed by atoms with Crippen LogP contribution in [0.3, 0.4) is 0 Å². The molecule has 1 aliphatic rings. The Kier molecular flexibility index (Phi) is 11.3. The number of benzene rings is 2. The Morgan fingerprint density at radius 3 is 2.38 bits per heavy atom. The quantitative estimate of drug-likeness (QED) is 0.164. The maximum absolute atomic E-state index is 14.8. The van der Waals surface area contributed by atoms with Gasteiger partial charge < -0.3 is 31.7 Å². The molecule has 3 rings (SSSR count). The second-order valence-electron chi connectivity index (χ2n) is 9.42. The highest BCUT2D eigenvalue weighted by Gasteiger charge is 2.26. The second kappa shape index (κ2) is 14.5. The lowest BCUT2D eigenvalue weighted by Gasteiger charge is -2.26. The van der Waals surface area contributed by atoms with Crippen LogP contribution in [-0.2, 0) is 6.54 Å². The summed E-state index contributed by atoms with van der Waals surface area (Å²) >= 11 is 6.01. The Labute approximate surface area is 233 Å². The lowest BCUT2D eigenvalue weighted by atomic mass is 9.93. The fourth-order valence-corrected chi connectivity index (χ4v) is 4.31. The van der Waals surface area contributed by atoms with Crippen molar-refractivity contribution in [1.82, 2.24) is 16.0 Å². The third-order valence-corrected chi connectivity index (χ3v) is 6.55. The van der Waals surface area contributed by atoms with Gasteiger partial charge in [-0.05, 0) is 49.9 Å². The summed E-state index contributed by atoms with van der Waals surface area (Å²) in [5, 5.41) is 23.1. The number of hydrogen-bond acceptors (Lipinski definition) is 5. The van der Waals surface area contributed by atoms with Crippen molar-refractivity contribution in [2.24, 2.45) is 0 Å². The van der Waals surface area contributed by atoms with Crippen LogP contribution in [0, 0.1) is 11.6 Å². The van der Waals surface area contributed by atoms with Gasteiger partial charge in [0, 0.05) is 42.8 Å². The van der Waals surface area contributed by atoms with Crippen LogP contribution in [0.2, 0.25) is 5.02 Å². The number of urea groups is 1. The van der Waals surface area contributed by atoms with Crippen molar-refractivity contribution in [1.29, 1.82) is 0 Å². The van der Waals surface area contributed by atoms with E-state index in [4.69, 9.17) is 11.6 Å².